The number of likely N-dealkylation sites (N-methyl/N-ethyl adjacent to an activating group) is 1. The fourth-order valence-electron chi connectivity index (χ4n) is 2.14. The van der Waals surface area contributed by atoms with Gasteiger partial charge in [-0.15, -0.1) is 0 Å². The highest BCUT2D eigenvalue weighted by atomic mass is 32.2. The van der Waals surface area contributed by atoms with Crippen molar-refractivity contribution < 1.29 is 13.2 Å². The van der Waals surface area contributed by atoms with Crippen molar-refractivity contribution in [3.8, 4) is 0 Å². The minimum atomic E-state index is -3.55. The first-order valence-corrected chi connectivity index (χ1v) is 7.46. The molecular weight excluding hydrogens is 266 g/mol. The Labute approximate surface area is 112 Å². The van der Waals surface area contributed by atoms with E-state index in [0.29, 0.717) is 13.1 Å². The van der Waals surface area contributed by atoms with Gasteiger partial charge in [0.1, 0.15) is 0 Å². The van der Waals surface area contributed by atoms with Crippen molar-refractivity contribution in [3.63, 3.8) is 0 Å². The van der Waals surface area contributed by atoms with Crippen molar-refractivity contribution in [2.24, 2.45) is 5.73 Å². The zero-order chi connectivity index (χ0) is 14.0. The van der Waals surface area contributed by atoms with Gasteiger partial charge in [-0.3, -0.25) is 4.79 Å². The van der Waals surface area contributed by atoms with E-state index in [-0.39, 0.29) is 16.5 Å². The second-order valence-electron chi connectivity index (χ2n) is 4.53. The van der Waals surface area contributed by atoms with Crippen LogP contribution >= 0.6 is 0 Å². The van der Waals surface area contributed by atoms with Gasteiger partial charge in [-0.25, -0.2) is 8.42 Å². The van der Waals surface area contributed by atoms with Crippen LogP contribution in [-0.2, 0) is 10.0 Å². The zero-order valence-corrected chi connectivity index (χ0v) is 11.5. The Balaban J connectivity index is 2.30. The van der Waals surface area contributed by atoms with Crippen molar-refractivity contribution in [3.05, 3.63) is 29.8 Å². The molecule has 19 heavy (non-hydrogen) atoms. The van der Waals surface area contributed by atoms with E-state index in [0.717, 1.165) is 6.42 Å². The van der Waals surface area contributed by atoms with E-state index in [1.807, 2.05) is 7.05 Å². The summed E-state index contributed by atoms with van der Waals surface area (Å²) in [6, 6.07) is 6.01. The average Bonchev–Trinajstić information content (AvgIpc) is 2.88. The largest absolute Gasteiger partial charge is 0.366 e. The molecule has 1 aliphatic heterocycles. The van der Waals surface area contributed by atoms with Gasteiger partial charge in [0.15, 0.2) is 0 Å². The van der Waals surface area contributed by atoms with Gasteiger partial charge < -0.3 is 11.1 Å². The summed E-state index contributed by atoms with van der Waals surface area (Å²) in [5, 5.41) is 3.07. The van der Waals surface area contributed by atoms with E-state index in [9.17, 15) is 13.2 Å². The number of nitrogens with one attached hydrogen (secondary N) is 1. The Morgan fingerprint density at radius 2 is 2.21 bits per heavy atom. The number of sulfonamides is 1. The highest BCUT2D eigenvalue weighted by Gasteiger charge is 2.31. The summed E-state index contributed by atoms with van der Waals surface area (Å²) in [5.74, 6) is -0.633. The lowest BCUT2D eigenvalue weighted by molar-refractivity contribution is 0.1000. The first-order valence-electron chi connectivity index (χ1n) is 6.02. The van der Waals surface area contributed by atoms with E-state index < -0.39 is 15.9 Å². The lowest BCUT2D eigenvalue weighted by Crippen LogP contribution is -2.33. The smallest absolute Gasteiger partial charge is 0.248 e. The van der Waals surface area contributed by atoms with Gasteiger partial charge in [-0.2, -0.15) is 4.31 Å². The molecule has 1 aliphatic rings. The SMILES string of the molecule is CN[C@@H]1CCN(S(=O)(=O)c2cccc(C(N)=O)c2)C1. The Hall–Kier alpha value is -1.44. The number of hydrogen-bond acceptors (Lipinski definition) is 4. The number of amides is 1. The third-order valence-electron chi connectivity index (χ3n) is 3.32. The lowest BCUT2D eigenvalue weighted by Gasteiger charge is -2.16. The van der Waals surface area contributed by atoms with Crippen LogP contribution in [-0.4, -0.2) is 44.8 Å². The molecule has 1 amide bonds. The maximum atomic E-state index is 12.4. The van der Waals surface area contributed by atoms with Gasteiger partial charge in [0.25, 0.3) is 0 Å². The van der Waals surface area contributed by atoms with Crippen LogP contribution in [0.5, 0.6) is 0 Å². The molecule has 0 aliphatic carbocycles. The van der Waals surface area contributed by atoms with Gasteiger partial charge >= 0.3 is 0 Å². The number of hydrogen-bond donors (Lipinski definition) is 2. The molecule has 2 rings (SSSR count). The standard InChI is InChI=1S/C12H17N3O3S/c1-14-10-5-6-15(8-10)19(17,18)11-4-2-3-9(7-11)12(13)16/h2-4,7,10,14H,5-6,8H2,1H3,(H2,13,16)/t10-/m1/s1. The topological polar surface area (TPSA) is 92.5 Å². The first kappa shape index (κ1) is 14.0. The monoisotopic (exact) mass is 283 g/mol. The van der Waals surface area contributed by atoms with Crippen LogP contribution in [0.3, 0.4) is 0 Å². The van der Waals surface area contributed by atoms with Gasteiger partial charge in [-0.1, -0.05) is 6.07 Å². The predicted molar refractivity (Wildman–Crippen MR) is 71.2 cm³/mol. The van der Waals surface area contributed by atoms with E-state index >= 15 is 0 Å². The molecule has 0 saturated carbocycles. The molecule has 3 N–H and O–H groups in total. The molecule has 1 saturated heterocycles. The Morgan fingerprint density at radius 3 is 2.79 bits per heavy atom. The van der Waals surface area contributed by atoms with E-state index in [2.05, 4.69) is 5.32 Å². The summed E-state index contributed by atoms with van der Waals surface area (Å²) in [4.78, 5) is 11.2. The minimum absolute atomic E-state index is 0.112. The molecule has 1 heterocycles. The molecule has 0 aromatic heterocycles. The van der Waals surface area contributed by atoms with Crippen molar-refractivity contribution >= 4 is 15.9 Å². The fourth-order valence-corrected chi connectivity index (χ4v) is 3.69. The second kappa shape index (κ2) is 5.28. The maximum absolute atomic E-state index is 12.4. The third-order valence-corrected chi connectivity index (χ3v) is 5.18. The fraction of sp³-hybridized carbons (Fsp3) is 0.417. The molecule has 6 nitrogen and oxygen atoms in total. The Kier molecular flexibility index (Phi) is 3.88. The number of carbonyl (C=O) groups is 1. The quantitative estimate of drug-likeness (QED) is 0.798. The molecule has 1 fully saturated rings. The molecule has 0 unspecified atom stereocenters. The molecule has 1 atom stereocenters. The number of rotatable bonds is 4. The predicted octanol–water partition coefficient (Wildman–Crippen LogP) is -0.232. The third kappa shape index (κ3) is 2.78. The molecule has 1 aromatic rings. The molecule has 1 aromatic carbocycles. The summed E-state index contributed by atoms with van der Waals surface area (Å²) >= 11 is 0. The van der Waals surface area contributed by atoms with Crippen LogP contribution in [0.25, 0.3) is 0 Å². The number of nitrogens with zero attached hydrogens (tertiary/aromatic N) is 1. The number of benzene rings is 1. The van der Waals surface area contributed by atoms with E-state index in [1.54, 1.807) is 0 Å². The van der Waals surface area contributed by atoms with Crippen molar-refractivity contribution in [2.45, 2.75) is 17.4 Å². The molecule has 0 spiro atoms. The average molecular weight is 283 g/mol. The number of carbonyl (C=O) groups excluding carboxylic acids is 1. The maximum Gasteiger partial charge on any atom is 0.248 e. The molecule has 0 bridgehead atoms. The summed E-state index contributed by atoms with van der Waals surface area (Å²) in [6.07, 6.45) is 0.783. The van der Waals surface area contributed by atoms with Crippen molar-refractivity contribution in [2.75, 3.05) is 20.1 Å². The Bertz CT molecular complexity index is 586. The normalized spacial score (nSPS) is 20.6. The highest BCUT2D eigenvalue weighted by Crippen LogP contribution is 2.21. The summed E-state index contributed by atoms with van der Waals surface area (Å²) in [5.41, 5.74) is 5.37. The van der Waals surface area contributed by atoms with Gasteiger partial charge in [-0.05, 0) is 31.7 Å². The molecular formula is C12H17N3O3S. The van der Waals surface area contributed by atoms with Crippen LogP contribution in [0.1, 0.15) is 16.8 Å². The minimum Gasteiger partial charge on any atom is -0.366 e. The van der Waals surface area contributed by atoms with Gasteiger partial charge in [0.05, 0.1) is 4.90 Å². The van der Waals surface area contributed by atoms with Gasteiger partial charge in [0, 0.05) is 24.7 Å². The first-order chi connectivity index (χ1) is 8.95. The molecule has 104 valence electrons. The summed E-state index contributed by atoms with van der Waals surface area (Å²) < 4.78 is 26.3. The summed E-state index contributed by atoms with van der Waals surface area (Å²) in [6.45, 7) is 0.925. The van der Waals surface area contributed by atoms with Crippen LogP contribution in [0.2, 0.25) is 0 Å². The number of nitrogens with two attached hydrogens (primary N) is 1. The highest BCUT2D eigenvalue weighted by molar-refractivity contribution is 7.89. The van der Waals surface area contributed by atoms with Crippen LogP contribution < -0.4 is 11.1 Å². The van der Waals surface area contributed by atoms with Crippen LogP contribution in [0.15, 0.2) is 29.2 Å². The van der Waals surface area contributed by atoms with E-state index in [4.69, 9.17) is 5.73 Å². The van der Waals surface area contributed by atoms with E-state index in [1.165, 1.54) is 28.6 Å². The molecule has 7 heteroatoms. The molecule has 0 radical (unpaired) electrons. The number of primary amides is 1. The van der Waals surface area contributed by atoms with Crippen LogP contribution in [0, 0.1) is 0 Å². The summed E-state index contributed by atoms with van der Waals surface area (Å²) in [7, 11) is -1.74. The van der Waals surface area contributed by atoms with Crippen molar-refractivity contribution in [1.82, 2.24) is 9.62 Å². The van der Waals surface area contributed by atoms with Crippen LogP contribution in [0.4, 0.5) is 0 Å². The van der Waals surface area contributed by atoms with Crippen molar-refractivity contribution in [1.29, 1.82) is 0 Å². The second-order valence-corrected chi connectivity index (χ2v) is 6.47. The lowest BCUT2D eigenvalue weighted by atomic mass is 10.2. The van der Waals surface area contributed by atoms with Gasteiger partial charge in [0.2, 0.25) is 15.9 Å². The Morgan fingerprint density at radius 1 is 1.47 bits per heavy atom. The zero-order valence-electron chi connectivity index (χ0n) is 10.7.